The summed E-state index contributed by atoms with van der Waals surface area (Å²) in [5.41, 5.74) is 6.84. The first-order valence-electron chi connectivity index (χ1n) is 9.00. The molecule has 0 fully saturated rings. The summed E-state index contributed by atoms with van der Waals surface area (Å²) in [5.74, 6) is 0.641. The van der Waals surface area contributed by atoms with Crippen molar-refractivity contribution in [2.75, 3.05) is 13.2 Å². The second-order valence-corrected chi connectivity index (χ2v) is 6.36. The van der Waals surface area contributed by atoms with Crippen LogP contribution in [0.25, 0.3) is 0 Å². The number of rotatable bonds is 8. The largest absolute Gasteiger partial charge is 0.484 e. The van der Waals surface area contributed by atoms with E-state index in [0.29, 0.717) is 11.5 Å². The van der Waals surface area contributed by atoms with E-state index in [9.17, 15) is 9.59 Å². The first kappa shape index (κ1) is 20.3. The Hall–Kier alpha value is -3.02. The van der Waals surface area contributed by atoms with Gasteiger partial charge in [0.05, 0.1) is 0 Å². The molecule has 0 spiro atoms. The summed E-state index contributed by atoms with van der Waals surface area (Å²) < 4.78 is 10.9. The quantitative estimate of drug-likeness (QED) is 0.701. The van der Waals surface area contributed by atoms with E-state index in [1.54, 1.807) is 0 Å². The van der Waals surface area contributed by atoms with Crippen molar-refractivity contribution in [3.63, 3.8) is 0 Å². The van der Waals surface area contributed by atoms with Crippen LogP contribution >= 0.6 is 0 Å². The number of nitrogens with one attached hydrogen (secondary N) is 2. The van der Waals surface area contributed by atoms with E-state index < -0.39 is 11.8 Å². The predicted molar refractivity (Wildman–Crippen MR) is 104 cm³/mol. The van der Waals surface area contributed by atoms with E-state index in [-0.39, 0.29) is 19.1 Å². The Balaban J connectivity index is 1.71. The third-order valence-corrected chi connectivity index (χ3v) is 3.94. The number of ether oxygens (including phenoxy) is 2. The number of hydrogen-bond acceptors (Lipinski definition) is 4. The van der Waals surface area contributed by atoms with Gasteiger partial charge in [-0.1, -0.05) is 51.1 Å². The molecule has 0 aromatic heterocycles. The highest BCUT2D eigenvalue weighted by Gasteiger charge is 2.10. The van der Waals surface area contributed by atoms with Crippen LogP contribution < -0.4 is 20.3 Å². The number of carbonyl (C=O) groups is 2. The highest BCUT2D eigenvalue weighted by Crippen LogP contribution is 2.25. The molecule has 27 heavy (non-hydrogen) atoms. The Kier molecular flexibility index (Phi) is 7.67. The molecular weight excluding hydrogens is 344 g/mol. The summed E-state index contributed by atoms with van der Waals surface area (Å²) in [6, 6.07) is 15.1. The second kappa shape index (κ2) is 10.2. The number of para-hydroxylation sites is 1. The lowest BCUT2D eigenvalue weighted by atomic mass is 10.0. The fourth-order valence-electron chi connectivity index (χ4n) is 2.41. The highest BCUT2D eigenvalue weighted by molar-refractivity contribution is 5.83. The number of amides is 2. The van der Waals surface area contributed by atoms with Crippen molar-refractivity contribution in [3.05, 3.63) is 59.7 Å². The smallest absolute Gasteiger partial charge is 0.276 e. The van der Waals surface area contributed by atoms with Gasteiger partial charge in [-0.25, -0.2) is 0 Å². The van der Waals surface area contributed by atoms with Gasteiger partial charge in [-0.3, -0.25) is 20.4 Å². The van der Waals surface area contributed by atoms with Gasteiger partial charge in [-0.05, 0) is 41.7 Å². The van der Waals surface area contributed by atoms with E-state index in [1.807, 2.05) is 48.5 Å². The maximum Gasteiger partial charge on any atom is 0.276 e. The van der Waals surface area contributed by atoms with Gasteiger partial charge in [0, 0.05) is 0 Å². The van der Waals surface area contributed by atoms with Crippen LogP contribution in [-0.2, 0) is 16.0 Å². The molecular formula is C21H26N2O4. The van der Waals surface area contributed by atoms with Gasteiger partial charge < -0.3 is 9.47 Å². The maximum atomic E-state index is 11.9. The Morgan fingerprint density at radius 3 is 2.07 bits per heavy atom. The average molecular weight is 370 g/mol. The molecule has 0 radical (unpaired) electrons. The van der Waals surface area contributed by atoms with Gasteiger partial charge in [-0.15, -0.1) is 0 Å². The molecule has 0 aliphatic rings. The molecule has 0 saturated carbocycles. The van der Waals surface area contributed by atoms with Crippen LogP contribution in [0.5, 0.6) is 11.5 Å². The summed E-state index contributed by atoms with van der Waals surface area (Å²) in [4.78, 5) is 23.6. The highest BCUT2D eigenvalue weighted by atomic mass is 16.5. The van der Waals surface area contributed by atoms with E-state index in [0.717, 1.165) is 12.0 Å². The summed E-state index contributed by atoms with van der Waals surface area (Å²) in [5, 5.41) is 0. The molecule has 2 rings (SSSR count). The molecule has 0 aliphatic heterocycles. The maximum absolute atomic E-state index is 11.9. The van der Waals surface area contributed by atoms with Crippen molar-refractivity contribution in [1.29, 1.82) is 0 Å². The Morgan fingerprint density at radius 1 is 0.889 bits per heavy atom. The molecule has 0 unspecified atom stereocenters. The van der Waals surface area contributed by atoms with E-state index >= 15 is 0 Å². The molecule has 0 aliphatic carbocycles. The molecule has 2 aromatic carbocycles. The third-order valence-electron chi connectivity index (χ3n) is 3.94. The van der Waals surface area contributed by atoms with Crippen molar-refractivity contribution < 1.29 is 19.1 Å². The Bertz CT molecular complexity index is 757. The first-order chi connectivity index (χ1) is 13.0. The molecule has 6 heteroatoms. The van der Waals surface area contributed by atoms with Crippen molar-refractivity contribution in [1.82, 2.24) is 10.9 Å². The van der Waals surface area contributed by atoms with Gasteiger partial charge in [0.25, 0.3) is 11.8 Å². The summed E-state index contributed by atoms with van der Waals surface area (Å²) in [6.45, 7) is 5.79. The van der Waals surface area contributed by atoms with Crippen molar-refractivity contribution >= 4 is 11.8 Å². The Morgan fingerprint density at radius 2 is 1.48 bits per heavy atom. The van der Waals surface area contributed by atoms with Crippen LogP contribution in [0.15, 0.2) is 48.5 Å². The standard InChI is InChI=1S/C21H26N2O4/c1-4-16-9-11-17(12-10-16)26-13-20(24)22-23-21(25)14-27-19-8-6-5-7-18(19)15(2)3/h5-12,15H,4,13-14H2,1-3H3,(H,22,24)(H,23,25). The average Bonchev–Trinajstić information content (AvgIpc) is 2.69. The van der Waals surface area contributed by atoms with E-state index in [2.05, 4.69) is 31.6 Å². The van der Waals surface area contributed by atoms with Gasteiger partial charge >= 0.3 is 0 Å². The zero-order valence-electron chi connectivity index (χ0n) is 16.0. The first-order valence-corrected chi connectivity index (χ1v) is 9.00. The lowest BCUT2D eigenvalue weighted by Gasteiger charge is -2.14. The van der Waals surface area contributed by atoms with Gasteiger partial charge in [0.15, 0.2) is 13.2 Å². The molecule has 144 valence electrons. The van der Waals surface area contributed by atoms with Gasteiger partial charge in [0.1, 0.15) is 11.5 Å². The number of aryl methyl sites for hydroxylation is 1. The van der Waals surface area contributed by atoms with Crippen molar-refractivity contribution in [2.45, 2.75) is 33.1 Å². The zero-order chi connectivity index (χ0) is 19.6. The van der Waals surface area contributed by atoms with Crippen LogP contribution in [0, 0.1) is 0 Å². The van der Waals surface area contributed by atoms with E-state index in [4.69, 9.17) is 9.47 Å². The number of benzene rings is 2. The summed E-state index contributed by atoms with van der Waals surface area (Å²) >= 11 is 0. The summed E-state index contributed by atoms with van der Waals surface area (Å²) in [7, 11) is 0. The molecule has 2 N–H and O–H groups in total. The minimum absolute atomic E-state index is 0.191. The molecule has 6 nitrogen and oxygen atoms in total. The number of hydrogen-bond donors (Lipinski definition) is 2. The molecule has 2 amide bonds. The zero-order valence-corrected chi connectivity index (χ0v) is 16.0. The minimum Gasteiger partial charge on any atom is -0.484 e. The normalized spacial score (nSPS) is 10.4. The van der Waals surface area contributed by atoms with Crippen LogP contribution in [0.3, 0.4) is 0 Å². The number of hydrazine groups is 1. The van der Waals surface area contributed by atoms with Crippen LogP contribution in [0.4, 0.5) is 0 Å². The fraction of sp³-hybridized carbons (Fsp3) is 0.333. The minimum atomic E-state index is -0.453. The second-order valence-electron chi connectivity index (χ2n) is 6.36. The van der Waals surface area contributed by atoms with Crippen LogP contribution in [0.1, 0.15) is 37.8 Å². The molecule has 0 heterocycles. The lowest BCUT2D eigenvalue weighted by Crippen LogP contribution is -2.45. The predicted octanol–water partition coefficient (Wildman–Crippen LogP) is 2.98. The van der Waals surface area contributed by atoms with Crippen LogP contribution in [-0.4, -0.2) is 25.0 Å². The van der Waals surface area contributed by atoms with Crippen molar-refractivity contribution in [2.24, 2.45) is 0 Å². The SMILES string of the molecule is CCc1ccc(OCC(=O)NNC(=O)COc2ccccc2C(C)C)cc1. The van der Waals surface area contributed by atoms with Gasteiger partial charge in [-0.2, -0.15) is 0 Å². The molecule has 2 aromatic rings. The van der Waals surface area contributed by atoms with Crippen LogP contribution in [0.2, 0.25) is 0 Å². The molecule has 0 bridgehead atoms. The number of carbonyl (C=O) groups excluding carboxylic acids is 2. The van der Waals surface area contributed by atoms with E-state index in [1.165, 1.54) is 5.56 Å². The third kappa shape index (κ3) is 6.66. The van der Waals surface area contributed by atoms with Gasteiger partial charge in [0.2, 0.25) is 0 Å². The van der Waals surface area contributed by atoms with Crippen molar-refractivity contribution in [3.8, 4) is 11.5 Å². The fourth-order valence-corrected chi connectivity index (χ4v) is 2.41. The Labute approximate surface area is 159 Å². The topological polar surface area (TPSA) is 76.7 Å². The monoisotopic (exact) mass is 370 g/mol. The lowest BCUT2D eigenvalue weighted by molar-refractivity contribution is -0.131. The molecule has 0 saturated heterocycles. The molecule has 0 atom stereocenters. The summed E-state index contributed by atoms with van der Waals surface area (Å²) in [6.07, 6.45) is 0.941.